The second kappa shape index (κ2) is 18.8. The molecule has 298 valence electrons. The number of benzene rings is 4. The molecule has 0 spiro atoms. The number of aliphatic hydroxyl groups is 2. The zero-order valence-corrected chi connectivity index (χ0v) is 35.4. The Labute approximate surface area is 349 Å². The molecule has 0 unspecified atom stereocenters. The quantitative estimate of drug-likeness (QED) is 0.0523. The van der Waals surface area contributed by atoms with Crippen LogP contribution in [0.3, 0.4) is 0 Å². The van der Waals surface area contributed by atoms with Crippen LogP contribution in [0.25, 0.3) is 42.6 Å². The summed E-state index contributed by atoms with van der Waals surface area (Å²) in [7, 11) is -0.330. The van der Waals surface area contributed by atoms with Gasteiger partial charge >= 0.3 is 7.12 Å². The first-order valence-electron chi connectivity index (χ1n) is 18.9. The Morgan fingerprint density at radius 2 is 1.19 bits per heavy atom. The number of allylic oxidation sites excluding steroid dienone is 2. The fourth-order valence-electron chi connectivity index (χ4n) is 6.55. The summed E-state index contributed by atoms with van der Waals surface area (Å²) in [5.41, 5.74) is 21.5. The van der Waals surface area contributed by atoms with Gasteiger partial charge in [0.15, 0.2) is 11.4 Å². The molecule has 10 nitrogen and oxygen atoms in total. The number of nitrogens with two attached hydrogens (primary N) is 2. The summed E-state index contributed by atoms with van der Waals surface area (Å²) >= 11 is 3.49. The first kappa shape index (κ1) is 43.5. The summed E-state index contributed by atoms with van der Waals surface area (Å²) in [4.78, 5) is 6.97. The van der Waals surface area contributed by atoms with E-state index in [2.05, 4.69) is 74.7 Å². The second-order valence-corrected chi connectivity index (χ2v) is 15.8. The van der Waals surface area contributed by atoms with Crippen LogP contribution in [-0.2, 0) is 22.4 Å². The summed E-state index contributed by atoms with van der Waals surface area (Å²) < 4.78 is 17.2. The normalized spacial score (nSPS) is 14.3. The highest BCUT2D eigenvalue weighted by Gasteiger charge is 2.52. The van der Waals surface area contributed by atoms with Crippen molar-refractivity contribution in [2.45, 2.75) is 65.8 Å². The standard InChI is InChI=1S/C20H19N3O.C13H20BNO2.C13H11BrN2O/c1-14-16(6-5-7-19(14)21)18-13-23(10-3-4-11-24)20-9-8-15(22-2)12-17(18)20;1-9-10(7-6-8-11(9)15)14-16-12(2,3)13(4,5)17-14;1-15-10-4-5-13-11(8-10)12(14)9-16(13)6-2-3-7-17/h3-9,12-13,24H,10-11,21H2,1H3;6-8H,15H2,1-5H3;2-5,8-9,17H,6-7H2/b4-3+;;3-2+. The number of hydrogen-bond donors (Lipinski definition) is 4. The van der Waals surface area contributed by atoms with Gasteiger partial charge in [-0.25, -0.2) is 9.69 Å². The summed E-state index contributed by atoms with van der Waals surface area (Å²) in [5.74, 6) is 0. The molecule has 1 fully saturated rings. The largest absolute Gasteiger partial charge is 0.495 e. The lowest BCUT2D eigenvalue weighted by Crippen LogP contribution is -2.41. The van der Waals surface area contributed by atoms with Crippen LogP contribution in [-0.4, -0.2) is 50.9 Å². The van der Waals surface area contributed by atoms with Gasteiger partial charge in [0.25, 0.3) is 0 Å². The predicted octanol–water partition coefficient (Wildman–Crippen LogP) is 9.68. The molecule has 12 heteroatoms. The molecule has 0 atom stereocenters. The third-order valence-electron chi connectivity index (χ3n) is 10.7. The molecule has 6 aromatic rings. The van der Waals surface area contributed by atoms with Crippen molar-refractivity contribution in [3.63, 3.8) is 0 Å². The smallest absolute Gasteiger partial charge is 0.399 e. The summed E-state index contributed by atoms with van der Waals surface area (Å²) in [6.45, 7) is 27.9. The number of rotatable bonds is 8. The molecule has 6 N–H and O–H groups in total. The molecular formula is C46H50BBrN6O4. The number of anilines is 2. The highest BCUT2D eigenvalue weighted by atomic mass is 79.9. The van der Waals surface area contributed by atoms with Crippen molar-refractivity contribution in [1.82, 2.24) is 9.13 Å². The zero-order chi connectivity index (χ0) is 42.2. The molecule has 7 rings (SSSR count). The van der Waals surface area contributed by atoms with E-state index in [0.717, 1.165) is 65.4 Å². The van der Waals surface area contributed by atoms with Crippen LogP contribution >= 0.6 is 15.9 Å². The Morgan fingerprint density at radius 3 is 1.74 bits per heavy atom. The van der Waals surface area contributed by atoms with Gasteiger partial charge in [0.1, 0.15) is 0 Å². The van der Waals surface area contributed by atoms with E-state index >= 15 is 0 Å². The number of aromatic nitrogens is 2. The monoisotopic (exact) mass is 840 g/mol. The first-order valence-corrected chi connectivity index (χ1v) is 19.7. The molecule has 2 aromatic heterocycles. The minimum Gasteiger partial charge on any atom is -0.399 e. The van der Waals surface area contributed by atoms with E-state index in [-0.39, 0.29) is 31.5 Å². The number of fused-ring (bicyclic) bond motifs is 2. The van der Waals surface area contributed by atoms with E-state index in [9.17, 15) is 0 Å². The average Bonchev–Trinajstić information content (AvgIpc) is 3.80. The van der Waals surface area contributed by atoms with Gasteiger partial charge in [0.05, 0.1) is 37.6 Å². The van der Waals surface area contributed by atoms with Crippen molar-refractivity contribution in [2.24, 2.45) is 0 Å². The van der Waals surface area contributed by atoms with Crippen molar-refractivity contribution in [2.75, 3.05) is 24.7 Å². The zero-order valence-electron chi connectivity index (χ0n) is 33.8. The first-order chi connectivity index (χ1) is 27.7. The van der Waals surface area contributed by atoms with Crippen LogP contribution in [0.15, 0.2) is 114 Å². The minimum atomic E-state index is -0.330. The van der Waals surface area contributed by atoms with Crippen molar-refractivity contribution in [3.8, 4) is 11.1 Å². The maximum absolute atomic E-state index is 8.93. The molecular weight excluding hydrogens is 791 g/mol. The molecule has 0 saturated carbocycles. The number of halogens is 1. The van der Waals surface area contributed by atoms with Gasteiger partial charge in [0.2, 0.25) is 0 Å². The van der Waals surface area contributed by atoms with Crippen LogP contribution in [0, 0.1) is 27.0 Å². The van der Waals surface area contributed by atoms with Crippen LogP contribution in [0.1, 0.15) is 38.8 Å². The summed E-state index contributed by atoms with van der Waals surface area (Å²) in [6.07, 6.45) is 11.4. The molecule has 1 aliphatic rings. The molecule has 0 aliphatic carbocycles. The minimum absolute atomic E-state index is 0.0300. The van der Waals surface area contributed by atoms with Gasteiger partial charge in [-0.3, -0.25) is 0 Å². The Morgan fingerprint density at radius 1 is 0.690 bits per heavy atom. The van der Waals surface area contributed by atoms with Crippen LogP contribution in [0.4, 0.5) is 22.7 Å². The van der Waals surface area contributed by atoms with Crippen LogP contribution in [0.5, 0.6) is 0 Å². The maximum Gasteiger partial charge on any atom is 0.495 e. The van der Waals surface area contributed by atoms with E-state index in [1.807, 2.05) is 98.9 Å². The Balaban J connectivity index is 0.000000170. The predicted molar refractivity (Wildman–Crippen MR) is 242 cm³/mol. The number of hydrogen-bond acceptors (Lipinski definition) is 6. The van der Waals surface area contributed by atoms with Gasteiger partial charge in [0, 0.05) is 63.3 Å². The van der Waals surface area contributed by atoms with E-state index in [0.29, 0.717) is 24.5 Å². The summed E-state index contributed by atoms with van der Waals surface area (Å²) in [6, 6.07) is 23.1. The fourth-order valence-corrected chi connectivity index (χ4v) is 7.12. The van der Waals surface area contributed by atoms with Crippen molar-refractivity contribution in [3.05, 3.63) is 148 Å². The third kappa shape index (κ3) is 9.57. The lowest BCUT2D eigenvalue weighted by Gasteiger charge is -2.32. The topological polar surface area (TPSA) is 130 Å². The van der Waals surface area contributed by atoms with E-state index < -0.39 is 0 Å². The molecule has 0 radical (unpaired) electrons. The highest BCUT2D eigenvalue weighted by Crippen LogP contribution is 2.38. The second-order valence-electron chi connectivity index (χ2n) is 14.9. The average molecular weight is 842 g/mol. The van der Waals surface area contributed by atoms with Gasteiger partial charge in [-0.1, -0.05) is 60.7 Å². The SMILES string of the molecule is Cc1c(N)cccc1B1OC(C)(C)C(C)(C)O1.[C-]#[N+]c1ccc2c(c1)c(-c1cccc(N)c1C)cn2C/C=C/CO.[C-]#[N+]c1ccc2c(c1)c(Br)cn2C/C=C/CO. The van der Waals surface area contributed by atoms with E-state index in [1.165, 1.54) is 0 Å². The lowest BCUT2D eigenvalue weighted by molar-refractivity contribution is 0.00578. The highest BCUT2D eigenvalue weighted by molar-refractivity contribution is 9.10. The van der Waals surface area contributed by atoms with E-state index in [4.69, 9.17) is 44.1 Å². The number of nitrogens with zero attached hydrogens (tertiary/aromatic N) is 4. The molecule has 4 aromatic carbocycles. The Kier molecular flexibility index (Phi) is 14.1. The lowest BCUT2D eigenvalue weighted by atomic mass is 9.76. The molecule has 3 heterocycles. The summed E-state index contributed by atoms with van der Waals surface area (Å²) in [5, 5.41) is 19.7. The Bertz CT molecular complexity index is 2540. The van der Waals surface area contributed by atoms with Crippen molar-refractivity contribution in [1.29, 1.82) is 0 Å². The van der Waals surface area contributed by atoms with Gasteiger partial charge in [-0.15, -0.1) is 0 Å². The van der Waals surface area contributed by atoms with Crippen LogP contribution < -0.4 is 16.9 Å². The molecule has 1 saturated heterocycles. The molecule has 0 amide bonds. The van der Waals surface area contributed by atoms with Gasteiger partial charge in [-0.2, -0.15) is 0 Å². The van der Waals surface area contributed by atoms with Gasteiger partial charge < -0.3 is 40.1 Å². The van der Waals surface area contributed by atoms with Crippen LogP contribution in [0.2, 0.25) is 0 Å². The van der Waals surface area contributed by atoms with Gasteiger partial charge in [-0.05, 0) is 121 Å². The third-order valence-corrected chi connectivity index (χ3v) is 11.3. The number of nitrogen functional groups attached to an aromatic ring is 2. The fraction of sp³-hybridized carbons (Fsp3) is 0.261. The Hall–Kier alpha value is -5.60. The van der Waals surface area contributed by atoms with Crippen molar-refractivity contribution >= 4 is 73.1 Å². The number of aliphatic hydroxyl groups excluding tert-OH is 2. The van der Waals surface area contributed by atoms with Crippen molar-refractivity contribution < 1.29 is 19.5 Å². The maximum atomic E-state index is 8.93. The molecule has 0 bridgehead atoms. The van der Waals surface area contributed by atoms with E-state index in [1.54, 1.807) is 12.2 Å². The molecule has 58 heavy (non-hydrogen) atoms. The molecule has 1 aliphatic heterocycles.